The van der Waals surface area contributed by atoms with Crippen LogP contribution < -0.4 is 9.04 Å². The third kappa shape index (κ3) is 4.11. The fraction of sp³-hybridized carbons (Fsp3) is 0.278. The van der Waals surface area contributed by atoms with E-state index in [1.165, 1.54) is 19.2 Å². The van der Waals surface area contributed by atoms with Gasteiger partial charge in [-0.05, 0) is 54.8 Å². The minimum atomic E-state index is -4.02. The highest BCUT2D eigenvalue weighted by atomic mass is 32.2. The Hall–Kier alpha value is -2.54. The molecular formula is C18H21NO5S. The Labute approximate surface area is 147 Å². The van der Waals surface area contributed by atoms with Gasteiger partial charge < -0.3 is 9.84 Å². The standard InChI is InChI=1S/C18H21NO5S/c1-4-14-5-7-15(8-6-14)19(12-18(20)21)25(22,23)16-9-10-17(24-3)13(2)11-16/h5-11H,4,12H2,1-3H3,(H,20,21). The van der Waals surface area contributed by atoms with Crippen LogP contribution in [-0.4, -0.2) is 33.1 Å². The van der Waals surface area contributed by atoms with E-state index in [9.17, 15) is 13.2 Å². The molecular weight excluding hydrogens is 342 g/mol. The molecule has 2 aromatic carbocycles. The number of ether oxygens (including phenoxy) is 1. The number of anilines is 1. The van der Waals surface area contributed by atoms with E-state index in [0.717, 1.165) is 16.3 Å². The van der Waals surface area contributed by atoms with E-state index in [1.54, 1.807) is 37.3 Å². The summed E-state index contributed by atoms with van der Waals surface area (Å²) >= 11 is 0. The SMILES string of the molecule is CCc1ccc(N(CC(=O)O)S(=O)(=O)c2ccc(OC)c(C)c2)cc1. The predicted molar refractivity (Wildman–Crippen MR) is 95.7 cm³/mol. The Balaban J connectivity index is 2.51. The van der Waals surface area contributed by atoms with E-state index in [2.05, 4.69) is 0 Å². The minimum absolute atomic E-state index is 0.0200. The van der Waals surface area contributed by atoms with Crippen LogP contribution in [0.4, 0.5) is 5.69 Å². The van der Waals surface area contributed by atoms with Crippen LogP contribution in [0.1, 0.15) is 18.1 Å². The molecule has 0 fully saturated rings. The first-order valence-corrected chi connectivity index (χ1v) is 9.21. The zero-order valence-corrected chi connectivity index (χ0v) is 15.2. The van der Waals surface area contributed by atoms with Crippen molar-refractivity contribution in [1.82, 2.24) is 0 Å². The lowest BCUT2D eigenvalue weighted by atomic mass is 10.1. The van der Waals surface area contributed by atoms with Gasteiger partial charge in [0.05, 0.1) is 17.7 Å². The molecule has 1 N–H and O–H groups in total. The number of nitrogens with zero attached hydrogens (tertiary/aromatic N) is 1. The van der Waals surface area contributed by atoms with Crippen LogP contribution >= 0.6 is 0 Å². The number of sulfonamides is 1. The Bertz CT molecular complexity index is 860. The van der Waals surface area contributed by atoms with E-state index in [4.69, 9.17) is 9.84 Å². The molecule has 6 nitrogen and oxygen atoms in total. The Morgan fingerprint density at radius 3 is 2.28 bits per heavy atom. The van der Waals surface area contributed by atoms with Crippen LogP contribution in [0.15, 0.2) is 47.4 Å². The average molecular weight is 363 g/mol. The first-order valence-electron chi connectivity index (χ1n) is 7.77. The Morgan fingerprint density at radius 1 is 1.16 bits per heavy atom. The van der Waals surface area contributed by atoms with Crippen LogP contribution in [0.2, 0.25) is 0 Å². The largest absolute Gasteiger partial charge is 0.496 e. The molecule has 0 unspecified atom stereocenters. The highest BCUT2D eigenvalue weighted by Crippen LogP contribution is 2.27. The molecule has 0 atom stereocenters. The van der Waals surface area contributed by atoms with Gasteiger partial charge in [-0.2, -0.15) is 0 Å². The first-order chi connectivity index (χ1) is 11.8. The lowest BCUT2D eigenvalue weighted by molar-refractivity contribution is -0.135. The molecule has 134 valence electrons. The molecule has 0 saturated carbocycles. The number of benzene rings is 2. The molecule has 0 amide bonds. The molecule has 7 heteroatoms. The molecule has 0 aliphatic heterocycles. The van der Waals surface area contributed by atoms with Gasteiger partial charge in [0.1, 0.15) is 12.3 Å². The number of hydrogen-bond donors (Lipinski definition) is 1. The van der Waals surface area contributed by atoms with Crippen LogP contribution in [0.5, 0.6) is 5.75 Å². The van der Waals surface area contributed by atoms with Crippen molar-refractivity contribution < 1.29 is 23.1 Å². The molecule has 0 heterocycles. The Morgan fingerprint density at radius 2 is 1.80 bits per heavy atom. The number of rotatable bonds is 7. The molecule has 0 bridgehead atoms. The molecule has 0 aliphatic rings. The summed E-state index contributed by atoms with van der Waals surface area (Å²) in [7, 11) is -2.52. The summed E-state index contributed by atoms with van der Waals surface area (Å²) in [4.78, 5) is 11.2. The first kappa shape index (κ1) is 18.8. The van der Waals surface area contributed by atoms with E-state index in [1.807, 2.05) is 6.92 Å². The smallest absolute Gasteiger partial charge is 0.324 e. The van der Waals surface area contributed by atoms with Crippen molar-refractivity contribution >= 4 is 21.7 Å². The number of carboxylic acid groups (broad SMARTS) is 1. The van der Waals surface area contributed by atoms with Gasteiger partial charge in [0, 0.05) is 0 Å². The van der Waals surface area contributed by atoms with Crippen molar-refractivity contribution in [2.75, 3.05) is 18.0 Å². The molecule has 2 aromatic rings. The van der Waals surface area contributed by atoms with Crippen molar-refractivity contribution in [2.24, 2.45) is 0 Å². The van der Waals surface area contributed by atoms with Crippen LogP contribution in [-0.2, 0) is 21.2 Å². The zero-order valence-electron chi connectivity index (χ0n) is 14.4. The molecule has 0 radical (unpaired) electrons. The quantitative estimate of drug-likeness (QED) is 0.818. The van der Waals surface area contributed by atoms with Crippen molar-refractivity contribution in [2.45, 2.75) is 25.2 Å². The summed E-state index contributed by atoms with van der Waals surface area (Å²) < 4.78 is 32.0. The van der Waals surface area contributed by atoms with Gasteiger partial charge in [0.25, 0.3) is 10.0 Å². The second-order valence-corrected chi connectivity index (χ2v) is 7.42. The van der Waals surface area contributed by atoms with Crippen LogP contribution in [0.25, 0.3) is 0 Å². The third-order valence-corrected chi connectivity index (χ3v) is 5.64. The highest BCUT2D eigenvalue weighted by Gasteiger charge is 2.27. The van der Waals surface area contributed by atoms with Crippen molar-refractivity contribution in [3.05, 3.63) is 53.6 Å². The van der Waals surface area contributed by atoms with E-state index < -0.39 is 22.5 Å². The maximum atomic E-state index is 13.0. The maximum absolute atomic E-state index is 13.0. The summed E-state index contributed by atoms with van der Waals surface area (Å²) in [5, 5.41) is 9.17. The van der Waals surface area contributed by atoms with Gasteiger partial charge in [-0.15, -0.1) is 0 Å². The Kier molecular flexibility index (Phi) is 5.69. The number of aryl methyl sites for hydroxylation is 2. The molecule has 0 saturated heterocycles. The molecule has 0 spiro atoms. The van der Waals surface area contributed by atoms with E-state index in [0.29, 0.717) is 17.0 Å². The van der Waals surface area contributed by atoms with Crippen LogP contribution in [0.3, 0.4) is 0 Å². The highest BCUT2D eigenvalue weighted by molar-refractivity contribution is 7.92. The summed E-state index contributed by atoms with van der Waals surface area (Å²) in [6.45, 7) is 3.06. The summed E-state index contributed by atoms with van der Waals surface area (Å²) in [6.07, 6.45) is 0.809. The van der Waals surface area contributed by atoms with Crippen molar-refractivity contribution in [3.8, 4) is 5.75 Å². The summed E-state index contributed by atoms with van der Waals surface area (Å²) in [6, 6.07) is 11.3. The summed E-state index contributed by atoms with van der Waals surface area (Å²) in [5.74, 6) is -0.663. The van der Waals surface area contributed by atoms with Gasteiger partial charge in [-0.1, -0.05) is 19.1 Å². The number of hydrogen-bond acceptors (Lipinski definition) is 4. The van der Waals surface area contributed by atoms with Crippen LogP contribution in [0, 0.1) is 6.92 Å². The lowest BCUT2D eigenvalue weighted by Crippen LogP contribution is -2.35. The fourth-order valence-corrected chi connectivity index (χ4v) is 3.97. The number of carbonyl (C=O) groups is 1. The number of aliphatic carboxylic acids is 1. The topological polar surface area (TPSA) is 83.9 Å². The summed E-state index contributed by atoms with van der Waals surface area (Å²) in [5.41, 5.74) is 2.00. The molecule has 2 rings (SSSR count). The normalized spacial score (nSPS) is 11.2. The molecule has 25 heavy (non-hydrogen) atoms. The van der Waals surface area contributed by atoms with E-state index >= 15 is 0 Å². The van der Waals surface area contributed by atoms with Crippen molar-refractivity contribution in [1.29, 1.82) is 0 Å². The van der Waals surface area contributed by atoms with Crippen molar-refractivity contribution in [3.63, 3.8) is 0 Å². The lowest BCUT2D eigenvalue weighted by Gasteiger charge is -2.23. The number of methoxy groups -OCH3 is 1. The fourth-order valence-electron chi connectivity index (χ4n) is 2.47. The second kappa shape index (κ2) is 7.57. The van der Waals surface area contributed by atoms with E-state index in [-0.39, 0.29) is 4.90 Å². The molecule has 0 aromatic heterocycles. The third-order valence-electron chi connectivity index (χ3n) is 3.87. The van der Waals surface area contributed by atoms with Gasteiger partial charge in [-0.3, -0.25) is 9.10 Å². The zero-order chi connectivity index (χ0) is 18.6. The van der Waals surface area contributed by atoms with Gasteiger partial charge in [0.2, 0.25) is 0 Å². The monoisotopic (exact) mass is 363 g/mol. The second-order valence-electron chi connectivity index (χ2n) is 5.56. The van der Waals surface area contributed by atoms with Gasteiger partial charge in [-0.25, -0.2) is 8.42 Å². The maximum Gasteiger partial charge on any atom is 0.324 e. The average Bonchev–Trinajstić information content (AvgIpc) is 2.59. The predicted octanol–water partition coefficient (Wildman–Crippen LogP) is 2.85. The van der Waals surface area contributed by atoms with Gasteiger partial charge in [0.15, 0.2) is 0 Å². The minimum Gasteiger partial charge on any atom is -0.496 e. The van der Waals surface area contributed by atoms with Gasteiger partial charge >= 0.3 is 5.97 Å². The molecule has 0 aliphatic carbocycles. The number of carboxylic acids is 1.